The maximum Gasteiger partial charge on any atom is 2.00 e. The Kier molecular flexibility index (Phi) is 13.7. The van der Waals surface area contributed by atoms with E-state index in [1.807, 2.05) is 0 Å². The summed E-state index contributed by atoms with van der Waals surface area (Å²) in [6.45, 7) is 0. The van der Waals surface area contributed by atoms with Crippen molar-refractivity contribution in [1.29, 1.82) is 0 Å². The van der Waals surface area contributed by atoms with Gasteiger partial charge in [0.1, 0.15) is 0 Å². The zero-order valence-corrected chi connectivity index (χ0v) is 9.53. The molecule has 0 aromatic carbocycles. The van der Waals surface area contributed by atoms with Crippen LogP contribution in [0, 0.1) is 0 Å². The van der Waals surface area contributed by atoms with Crippen molar-refractivity contribution in [3.05, 3.63) is 0 Å². The summed E-state index contributed by atoms with van der Waals surface area (Å²) in [7, 11) is -7.64. The molecule has 0 spiro atoms. The average Bonchev–Trinajstić information content (AvgIpc) is 1.21. The SMILES string of the molecule is O=P(O)(O)OP(O)O.[H-].[H-].[H-].[H-].[Mg+2].[Mg+2]. The van der Waals surface area contributed by atoms with E-state index in [1.165, 1.54) is 0 Å². The smallest absolute Gasteiger partial charge is 1.00 e. The van der Waals surface area contributed by atoms with Crippen LogP contribution in [0.25, 0.3) is 0 Å². The summed E-state index contributed by atoms with van der Waals surface area (Å²) in [6, 6.07) is 0. The van der Waals surface area contributed by atoms with Crippen molar-refractivity contribution in [2.24, 2.45) is 0 Å². The normalized spacial score (nSPS) is 10.1. The molecule has 0 unspecified atom stereocenters. The van der Waals surface area contributed by atoms with E-state index >= 15 is 0 Å². The Morgan fingerprint density at radius 3 is 1.60 bits per heavy atom. The van der Waals surface area contributed by atoms with Gasteiger partial charge in [0.15, 0.2) is 0 Å². The van der Waals surface area contributed by atoms with Gasteiger partial charge in [-0.25, -0.2) is 8.88 Å². The number of phosphoric acid groups is 1. The first-order valence-electron chi connectivity index (χ1n) is 1.35. The largest absolute Gasteiger partial charge is 2.00 e. The molecule has 0 fully saturated rings. The molecule has 0 amide bonds. The van der Waals surface area contributed by atoms with Gasteiger partial charge in [-0.3, -0.25) is 0 Å². The second-order valence-corrected chi connectivity index (χ2v) is 2.96. The van der Waals surface area contributed by atoms with Gasteiger partial charge in [0.25, 0.3) is 0 Å². The summed E-state index contributed by atoms with van der Waals surface area (Å²) < 4.78 is 12.9. The first-order chi connectivity index (χ1) is 3.42. The van der Waals surface area contributed by atoms with Gasteiger partial charge in [0, 0.05) is 0 Å². The fraction of sp³-hybridized carbons (Fsp3) is 0. The summed E-state index contributed by atoms with van der Waals surface area (Å²) in [5.41, 5.74) is 0. The topological polar surface area (TPSA) is 107 Å². The minimum atomic E-state index is -4.69. The standard InChI is InChI=1S/2Mg.H4O6P2.4H/c;;1-7(2)6-8(3,4)5;;;;/h;;1-2H,(H2,3,4,5);;;;/q2*+2;;4*-1. The summed E-state index contributed by atoms with van der Waals surface area (Å²) in [5.74, 6) is 0. The fourth-order valence-electron chi connectivity index (χ4n) is 0.0951. The van der Waals surface area contributed by atoms with Crippen molar-refractivity contribution >= 4 is 62.5 Å². The van der Waals surface area contributed by atoms with Crippen molar-refractivity contribution in [2.45, 2.75) is 0 Å². The molecule has 0 aliphatic rings. The molecule has 58 valence electrons. The molecule has 10 heteroatoms. The zero-order chi connectivity index (χ0) is 6.78. The average molecular weight is 215 g/mol. The Morgan fingerprint density at radius 1 is 1.30 bits per heavy atom. The van der Waals surface area contributed by atoms with Crippen LogP contribution in [-0.4, -0.2) is 65.7 Å². The van der Waals surface area contributed by atoms with Crippen LogP contribution in [0.1, 0.15) is 5.71 Å². The molecule has 0 aliphatic carbocycles. The maximum atomic E-state index is 9.61. The second kappa shape index (κ2) is 7.63. The van der Waals surface area contributed by atoms with E-state index in [0.717, 1.165) is 0 Å². The summed E-state index contributed by atoms with van der Waals surface area (Å²) in [6.07, 6.45) is 0. The molecule has 0 radical (unpaired) electrons. The van der Waals surface area contributed by atoms with Gasteiger partial charge in [-0.1, -0.05) is 0 Å². The minimum absolute atomic E-state index is 0. The molecule has 0 heterocycles. The minimum Gasteiger partial charge on any atom is -1.00 e. The molecule has 0 saturated heterocycles. The predicted octanol–water partition coefficient (Wildman–Crippen LogP) is -1.00. The van der Waals surface area contributed by atoms with Gasteiger partial charge in [0.05, 0.1) is 0 Å². The molecule has 0 rings (SSSR count). The third-order valence-corrected chi connectivity index (χ3v) is 1.61. The molecule has 0 aromatic heterocycles. The number of rotatable bonds is 2. The number of hydrogen-bond donors (Lipinski definition) is 4. The van der Waals surface area contributed by atoms with Crippen molar-refractivity contribution in [3.63, 3.8) is 0 Å². The molecular formula is H8Mg2O6P2. The van der Waals surface area contributed by atoms with Gasteiger partial charge in [-0.2, -0.15) is 0 Å². The van der Waals surface area contributed by atoms with Gasteiger partial charge >= 0.3 is 62.5 Å². The third kappa shape index (κ3) is 16.5. The van der Waals surface area contributed by atoms with Crippen molar-refractivity contribution < 1.29 is 34.2 Å². The summed E-state index contributed by atoms with van der Waals surface area (Å²) in [5, 5.41) is 0. The van der Waals surface area contributed by atoms with Gasteiger partial charge in [-0.15, -0.1) is 0 Å². The molecule has 4 N–H and O–H groups in total. The summed E-state index contributed by atoms with van der Waals surface area (Å²) >= 11 is 0. The molecule has 0 saturated carbocycles. The molecule has 0 aliphatic heterocycles. The molecule has 6 nitrogen and oxygen atoms in total. The van der Waals surface area contributed by atoms with E-state index in [9.17, 15) is 4.57 Å². The Morgan fingerprint density at radius 2 is 1.60 bits per heavy atom. The third-order valence-electron chi connectivity index (χ3n) is 0.179. The Bertz CT molecular complexity index is 118. The fourth-order valence-corrected chi connectivity index (χ4v) is 0.856. The van der Waals surface area contributed by atoms with Crippen LogP contribution in [0.3, 0.4) is 0 Å². The Hall–Kier alpha value is 1.99. The quantitative estimate of drug-likeness (QED) is 0.347. The molecule has 10 heavy (non-hydrogen) atoms. The van der Waals surface area contributed by atoms with E-state index < -0.39 is 16.4 Å². The van der Waals surface area contributed by atoms with E-state index in [0.29, 0.717) is 0 Å². The number of hydrogen-bond acceptors (Lipinski definition) is 4. The molecule has 0 bridgehead atoms. The molecular weight excluding hydrogens is 207 g/mol. The van der Waals surface area contributed by atoms with Crippen molar-refractivity contribution in [2.75, 3.05) is 0 Å². The van der Waals surface area contributed by atoms with E-state index in [-0.39, 0.29) is 51.8 Å². The first kappa shape index (κ1) is 17.9. The summed E-state index contributed by atoms with van der Waals surface area (Å²) in [4.78, 5) is 31.1. The van der Waals surface area contributed by atoms with Gasteiger partial charge in [-0.05, 0) is 0 Å². The zero-order valence-electron chi connectivity index (χ0n) is 8.91. The van der Waals surface area contributed by atoms with Crippen LogP contribution >= 0.6 is 16.4 Å². The van der Waals surface area contributed by atoms with Crippen molar-refractivity contribution in [1.82, 2.24) is 0 Å². The van der Waals surface area contributed by atoms with Crippen LogP contribution < -0.4 is 0 Å². The monoisotopic (exact) mass is 214 g/mol. The maximum absolute atomic E-state index is 9.61. The van der Waals surface area contributed by atoms with Crippen LogP contribution in [-0.2, 0) is 8.88 Å². The van der Waals surface area contributed by atoms with E-state index in [1.54, 1.807) is 0 Å². The second-order valence-electron chi connectivity index (χ2n) is 0.825. The van der Waals surface area contributed by atoms with E-state index in [4.69, 9.17) is 19.6 Å². The van der Waals surface area contributed by atoms with E-state index in [2.05, 4.69) is 4.31 Å². The van der Waals surface area contributed by atoms with Crippen LogP contribution in [0.15, 0.2) is 0 Å². The van der Waals surface area contributed by atoms with Gasteiger partial charge in [0.2, 0.25) is 0 Å². The van der Waals surface area contributed by atoms with Gasteiger partial charge < -0.3 is 25.3 Å². The first-order valence-corrected chi connectivity index (χ1v) is 4.04. The van der Waals surface area contributed by atoms with Crippen LogP contribution in [0.5, 0.6) is 0 Å². The predicted molar refractivity (Wildman–Crippen MR) is 40.4 cm³/mol. The van der Waals surface area contributed by atoms with Crippen LogP contribution in [0.2, 0.25) is 0 Å². The molecule has 0 aromatic rings. The van der Waals surface area contributed by atoms with Crippen LogP contribution in [0.4, 0.5) is 0 Å². The Balaban J connectivity index is -0.0000000163. The Labute approximate surface area is 96.5 Å². The molecule has 0 atom stereocenters. The van der Waals surface area contributed by atoms with Crippen molar-refractivity contribution in [3.8, 4) is 0 Å².